The number of carbonyl (C=O) groups excluding carboxylic acids is 1. The molecule has 0 bridgehead atoms. The van der Waals surface area contributed by atoms with Crippen molar-refractivity contribution in [2.75, 3.05) is 0 Å². The molecular formula is C6H5F4NO. The van der Waals surface area contributed by atoms with Crippen molar-refractivity contribution >= 4 is 6.08 Å². The van der Waals surface area contributed by atoms with Gasteiger partial charge in [-0.3, -0.25) is 0 Å². The van der Waals surface area contributed by atoms with Gasteiger partial charge in [0.05, 0.1) is 0 Å². The van der Waals surface area contributed by atoms with Crippen LogP contribution in [0.5, 0.6) is 0 Å². The Morgan fingerprint density at radius 1 is 1.42 bits per heavy atom. The zero-order chi connectivity index (χ0) is 9.41. The van der Waals surface area contributed by atoms with Gasteiger partial charge in [-0.2, -0.15) is 13.8 Å². The van der Waals surface area contributed by atoms with Crippen LogP contribution < -0.4 is 0 Å². The minimum atomic E-state index is -4.20. The predicted molar refractivity (Wildman–Crippen MR) is 31.0 cm³/mol. The number of hydrogen-bond donors (Lipinski definition) is 0. The fraction of sp³-hybridized carbons (Fsp3) is 0.833. The molecule has 0 unspecified atom stereocenters. The van der Waals surface area contributed by atoms with Crippen molar-refractivity contribution in [2.24, 2.45) is 4.99 Å². The second kappa shape index (κ2) is 2.55. The zero-order valence-electron chi connectivity index (χ0n) is 5.86. The summed E-state index contributed by atoms with van der Waals surface area (Å²) in [6.07, 6.45) is -3.25. The number of isocyanates is 1. The fourth-order valence-corrected chi connectivity index (χ4v) is 0.929. The topological polar surface area (TPSA) is 29.4 Å². The van der Waals surface area contributed by atoms with Gasteiger partial charge >= 0.3 is 12.3 Å². The molecule has 0 aromatic heterocycles. The molecule has 0 N–H and O–H groups in total. The summed E-state index contributed by atoms with van der Waals surface area (Å²) in [5.74, 6) is -4.20. The van der Waals surface area contributed by atoms with Crippen LogP contribution in [0.15, 0.2) is 4.99 Å². The van der Waals surface area contributed by atoms with Crippen LogP contribution in [0.25, 0.3) is 0 Å². The Bertz CT molecular complexity index is 230. The fourth-order valence-electron chi connectivity index (χ4n) is 0.929. The average molecular weight is 183 g/mol. The summed E-state index contributed by atoms with van der Waals surface area (Å²) >= 11 is 0. The maximum atomic E-state index is 12.6. The normalized spacial score (nSPS) is 20.4. The Morgan fingerprint density at radius 2 is 1.92 bits per heavy atom. The van der Waals surface area contributed by atoms with Crippen LogP contribution in [0.2, 0.25) is 0 Å². The quantitative estimate of drug-likeness (QED) is 0.372. The summed E-state index contributed by atoms with van der Waals surface area (Å²) in [4.78, 5) is 12.4. The van der Waals surface area contributed by atoms with Gasteiger partial charge in [-0.1, -0.05) is 0 Å². The number of aliphatic imine (C=N–C) groups is 1. The second-order valence-electron chi connectivity index (χ2n) is 2.66. The number of nitrogens with zero attached hydrogens (tertiary/aromatic N) is 1. The highest BCUT2D eigenvalue weighted by Gasteiger charge is 2.67. The molecular weight excluding hydrogens is 178 g/mol. The molecule has 68 valence electrons. The molecule has 0 amide bonds. The molecule has 0 aromatic rings. The second-order valence-corrected chi connectivity index (χ2v) is 2.66. The van der Waals surface area contributed by atoms with E-state index in [1.165, 1.54) is 0 Å². The molecule has 0 aliphatic heterocycles. The van der Waals surface area contributed by atoms with E-state index in [0.29, 0.717) is 0 Å². The summed E-state index contributed by atoms with van der Waals surface area (Å²) in [6, 6.07) is 0. The van der Waals surface area contributed by atoms with Gasteiger partial charge in [0.15, 0.2) is 0 Å². The van der Waals surface area contributed by atoms with E-state index < -0.39 is 17.9 Å². The van der Waals surface area contributed by atoms with E-state index in [0.717, 1.165) is 6.08 Å². The summed E-state index contributed by atoms with van der Waals surface area (Å²) in [5.41, 5.74) is -2.16. The third-order valence-corrected chi connectivity index (χ3v) is 1.88. The van der Waals surface area contributed by atoms with E-state index in [9.17, 15) is 22.4 Å². The van der Waals surface area contributed by atoms with Crippen LogP contribution in [0.4, 0.5) is 17.6 Å². The first-order chi connectivity index (χ1) is 5.46. The molecule has 1 aliphatic rings. The number of hydrogen-bond acceptors (Lipinski definition) is 2. The minimum Gasteiger partial charge on any atom is -0.211 e. The van der Waals surface area contributed by atoms with Crippen LogP contribution in [0.1, 0.15) is 12.8 Å². The molecule has 2 nitrogen and oxygen atoms in total. The number of alkyl halides is 4. The first-order valence-electron chi connectivity index (χ1n) is 3.21. The van der Waals surface area contributed by atoms with Crippen molar-refractivity contribution in [2.45, 2.75) is 30.7 Å². The first kappa shape index (κ1) is 9.19. The van der Waals surface area contributed by atoms with Crippen molar-refractivity contribution in [3.05, 3.63) is 0 Å². The van der Waals surface area contributed by atoms with Crippen LogP contribution in [0.3, 0.4) is 0 Å². The molecule has 12 heavy (non-hydrogen) atoms. The van der Waals surface area contributed by atoms with Gasteiger partial charge in [-0.05, 0) is 12.8 Å². The summed E-state index contributed by atoms with van der Waals surface area (Å²) < 4.78 is 48.6. The van der Waals surface area contributed by atoms with E-state index in [1.807, 2.05) is 0 Å². The molecule has 1 saturated carbocycles. The lowest BCUT2D eigenvalue weighted by atomic mass is 10.1. The summed E-state index contributed by atoms with van der Waals surface area (Å²) in [5, 5.41) is 0. The van der Waals surface area contributed by atoms with E-state index in [-0.39, 0.29) is 12.8 Å². The Kier molecular flexibility index (Phi) is 1.96. The number of rotatable bonds is 3. The number of halogens is 4. The summed E-state index contributed by atoms with van der Waals surface area (Å²) in [6.45, 7) is 0. The third kappa shape index (κ3) is 1.12. The molecule has 0 atom stereocenters. The SMILES string of the molecule is O=C=NC1(C(F)(F)C(F)F)CC1. The van der Waals surface area contributed by atoms with Crippen LogP contribution >= 0.6 is 0 Å². The van der Waals surface area contributed by atoms with Gasteiger partial charge in [0, 0.05) is 0 Å². The van der Waals surface area contributed by atoms with Gasteiger partial charge in [-0.15, -0.1) is 0 Å². The Morgan fingerprint density at radius 3 is 2.17 bits per heavy atom. The van der Waals surface area contributed by atoms with Gasteiger partial charge < -0.3 is 0 Å². The Hall–Kier alpha value is -0.900. The van der Waals surface area contributed by atoms with Crippen molar-refractivity contribution in [1.29, 1.82) is 0 Å². The molecule has 1 rings (SSSR count). The molecule has 1 fully saturated rings. The third-order valence-electron chi connectivity index (χ3n) is 1.88. The van der Waals surface area contributed by atoms with Crippen molar-refractivity contribution in [3.8, 4) is 0 Å². The van der Waals surface area contributed by atoms with E-state index in [4.69, 9.17) is 0 Å². The van der Waals surface area contributed by atoms with E-state index >= 15 is 0 Å². The van der Waals surface area contributed by atoms with Crippen molar-refractivity contribution in [1.82, 2.24) is 0 Å². The molecule has 0 radical (unpaired) electrons. The lowest BCUT2D eigenvalue weighted by molar-refractivity contribution is -0.149. The lowest BCUT2D eigenvalue weighted by Crippen LogP contribution is -2.41. The van der Waals surface area contributed by atoms with Gasteiger partial charge in [-0.25, -0.2) is 13.6 Å². The average Bonchev–Trinajstić information content (AvgIpc) is 2.70. The van der Waals surface area contributed by atoms with Crippen LogP contribution in [0, 0.1) is 0 Å². The van der Waals surface area contributed by atoms with E-state index in [2.05, 4.69) is 4.99 Å². The highest BCUT2D eigenvalue weighted by atomic mass is 19.3. The van der Waals surface area contributed by atoms with Gasteiger partial charge in [0.1, 0.15) is 5.54 Å². The van der Waals surface area contributed by atoms with Crippen LogP contribution in [-0.4, -0.2) is 24.0 Å². The van der Waals surface area contributed by atoms with Gasteiger partial charge in [0.2, 0.25) is 6.08 Å². The van der Waals surface area contributed by atoms with Gasteiger partial charge in [0.25, 0.3) is 0 Å². The smallest absolute Gasteiger partial charge is 0.211 e. The molecule has 0 aromatic carbocycles. The molecule has 0 heterocycles. The standard InChI is InChI=1S/C6H5F4NO/c7-4(8)6(9,10)5(1-2-5)11-3-12/h4H,1-2H2. The van der Waals surface area contributed by atoms with Crippen LogP contribution in [-0.2, 0) is 4.79 Å². The zero-order valence-corrected chi connectivity index (χ0v) is 5.86. The minimum absolute atomic E-state index is 0.181. The Labute approximate surface area is 65.3 Å². The largest absolute Gasteiger partial charge is 0.332 e. The maximum absolute atomic E-state index is 12.6. The molecule has 0 spiro atoms. The summed E-state index contributed by atoms with van der Waals surface area (Å²) in [7, 11) is 0. The highest BCUT2D eigenvalue weighted by Crippen LogP contribution is 2.53. The molecule has 6 heteroatoms. The monoisotopic (exact) mass is 183 g/mol. The first-order valence-corrected chi connectivity index (χ1v) is 3.21. The lowest BCUT2D eigenvalue weighted by Gasteiger charge is -2.20. The van der Waals surface area contributed by atoms with Crippen molar-refractivity contribution in [3.63, 3.8) is 0 Å². The van der Waals surface area contributed by atoms with Crippen molar-refractivity contribution < 1.29 is 22.4 Å². The maximum Gasteiger partial charge on any atom is 0.332 e. The molecule has 0 saturated heterocycles. The predicted octanol–water partition coefficient (Wildman–Crippen LogP) is 1.76. The van der Waals surface area contributed by atoms with E-state index in [1.54, 1.807) is 0 Å². The Balaban J connectivity index is 2.87. The highest BCUT2D eigenvalue weighted by molar-refractivity contribution is 5.38. The molecule has 1 aliphatic carbocycles.